The number of methoxy groups -OCH3 is 1. The Morgan fingerprint density at radius 3 is 2.46 bits per heavy atom. The van der Waals surface area contributed by atoms with Crippen LogP contribution in [0.4, 0.5) is 11.4 Å². The molecule has 1 amide bonds. The van der Waals surface area contributed by atoms with E-state index in [4.69, 9.17) is 21.1 Å². The zero-order valence-corrected chi connectivity index (χ0v) is 16.2. The summed E-state index contributed by atoms with van der Waals surface area (Å²) in [6.45, 7) is 0.470. The highest BCUT2D eigenvalue weighted by molar-refractivity contribution is 6.33. The van der Waals surface area contributed by atoms with Crippen LogP contribution < -0.4 is 20.1 Å². The summed E-state index contributed by atoms with van der Waals surface area (Å²) >= 11 is 6.16. The van der Waals surface area contributed by atoms with Gasteiger partial charge in [-0.25, -0.2) is 0 Å². The molecule has 28 heavy (non-hydrogen) atoms. The molecule has 0 aliphatic rings. The number of para-hydroxylation sites is 2. The maximum atomic E-state index is 12.0. The zero-order chi connectivity index (χ0) is 19.8. The van der Waals surface area contributed by atoms with E-state index < -0.39 is 0 Å². The first-order valence-corrected chi connectivity index (χ1v) is 9.16. The first kappa shape index (κ1) is 19.6. The molecule has 0 radical (unpaired) electrons. The number of carbonyl (C=O) groups is 1. The van der Waals surface area contributed by atoms with E-state index in [1.54, 1.807) is 13.2 Å². The summed E-state index contributed by atoms with van der Waals surface area (Å²) in [5.41, 5.74) is 2.59. The molecule has 0 aromatic heterocycles. The van der Waals surface area contributed by atoms with Crippen LogP contribution in [0, 0.1) is 0 Å². The number of anilines is 2. The lowest BCUT2D eigenvalue weighted by molar-refractivity contribution is -0.118. The third-order valence-electron chi connectivity index (χ3n) is 4.00. The standard InChI is InChI=1S/C22H21ClN2O3/c1-27-21-13-16(14-24-19-10-6-5-9-18(19)23)11-12-20(21)28-15-22(26)25-17-7-3-2-4-8-17/h2-13,24H,14-15H2,1H3,(H,25,26). The van der Waals surface area contributed by atoms with Gasteiger partial charge < -0.3 is 20.1 Å². The molecule has 6 heteroatoms. The number of halogens is 1. The fourth-order valence-corrected chi connectivity index (χ4v) is 2.81. The molecule has 0 atom stereocenters. The van der Waals surface area contributed by atoms with E-state index in [2.05, 4.69) is 10.6 Å². The molecule has 3 aromatic rings. The number of carbonyl (C=O) groups excluding carboxylic acids is 1. The molecule has 0 saturated carbocycles. The molecule has 3 aromatic carbocycles. The number of benzene rings is 3. The lowest BCUT2D eigenvalue weighted by atomic mass is 10.2. The van der Waals surface area contributed by atoms with Crippen molar-refractivity contribution in [2.75, 3.05) is 24.4 Å². The molecule has 0 saturated heterocycles. The molecule has 0 spiro atoms. The minimum Gasteiger partial charge on any atom is -0.493 e. The Hall–Kier alpha value is -3.18. The monoisotopic (exact) mass is 396 g/mol. The molecule has 0 aliphatic heterocycles. The number of hydrogen-bond donors (Lipinski definition) is 2. The van der Waals surface area contributed by atoms with Gasteiger partial charge in [-0.15, -0.1) is 0 Å². The highest BCUT2D eigenvalue weighted by Gasteiger charge is 2.09. The Kier molecular flexibility index (Phi) is 6.76. The summed E-state index contributed by atoms with van der Waals surface area (Å²) in [6, 6.07) is 22.4. The SMILES string of the molecule is COc1cc(CNc2ccccc2Cl)ccc1OCC(=O)Nc1ccccc1. The van der Waals surface area contributed by atoms with Crippen LogP contribution in [0.25, 0.3) is 0 Å². The van der Waals surface area contributed by atoms with Gasteiger partial charge in [-0.2, -0.15) is 0 Å². The molecule has 144 valence electrons. The van der Waals surface area contributed by atoms with E-state index in [-0.39, 0.29) is 12.5 Å². The van der Waals surface area contributed by atoms with Crippen molar-refractivity contribution in [1.29, 1.82) is 0 Å². The summed E-state index contributed by atoms with van der Waals surface area (Å²) in [5, 5.41) is 6.73. The average molecular weight is 397 g/mol. The second-order valence-corrected chi connectivity index (χ2v) is 6.43. The van der Waals surface area contributed by atoms with Crippen LogP contribution in [0.3, 0.4) is 0 Å². The lowest BCUT2D eigenvalue weighted by Gasteiger charge is -2.13. The molecule has 0 aliphatic carbocycles. The fourth-order valence-electron chi connectivity index (χ4n) is 2.60. The molecule has 0 bridgehead atoms. The van der Waals surface area contributed by atoms with Gasteiger partial charge in [0.05, 0.1) is 17.8 Å². The molecule has 0 unspecified atom stereocenters. The Labute approximate surface area is 169 Å². The Balaban J connectivity index is 1.58. The van der Waals surface area contributed by atoms with E-state index in [0.29, 0.717) is 23.1 Å². The van der Waals surface area contributed by atoms with Gasteiger partial charge in [-0.3, -0.25) is 4.79 Å². The minimum atomic E-state index is -0.238. The van der Waals surface area contributed by atoms with Crippen LogP contribution in [0.1, 0.15) is 5.56 Å². The summed E-state index contributed by atoms with van der Waals surface area (Å²) in [4.78, 5) is 12.0. The van der Waals surface area contributed by atoms with E-state index >= 15 is 0 Å². The molecule has 5 nitrogen and oxygen atoms in total. The Morgan fingerprint density at radius 2 is 1.71 bits per heavy atom. The number of hydrogen-bond acceptors (Lipinski definition) is 4. The van der Waals surface area contributed by atoms with Crippen LogP contribution in [-0.4, -0.2) is 19.6 Å². The third-order valence-corrected chi connectivity index (χ3v) is 4.33. The third kappa shape index (κ3) is 5.41. The summed E-state index contributed by atoms with van der Waals surface area (Å²) in [5.74, 6) is 0.830. The van der Waals surface area contributed by atoms with Crippen LogP contribution in [0.2, 0.25) is 5.02 Å². The van der Waals surface area contributed by atoms with Crippen LogP contribution in [0.5, 0.6) is 11.5 Å². The van der Waals surface area contributed by atoms with Crippen LogP contribution in [-0.2, 0) is 11.3 Å². The van der Waals surface area contributed by atoms with Crippen molar-refractivity contribution in [2.24, 2.45) is 0 Å². The van der Waals surface area contributed by atoms with Gasteiger partial charge in [-0.1, -0.05) is 48.0 Å². The predicted octanol–water partition coefficient (Wildman–Crippen LogP) is 4.98. The van der Waals surface area contributed by atoms with Crippen LogP contribution in [0.15, 0.2) is 72.8 Å². The smallest absolute Gasteiger partial charge is 0.262 e. The van der Waals surface area contributed by atoms with Gasteiger partial charge in [0.2, 0.25) is 0 Å². The minimum absolute atomic E-state index is 0.109. The van der Waals surface area contributed by atoms with Gasteiger partial charge in [-0.05, 0) is 42.0 Å². The number of ether oxygens (including phenoxy) is 2. The van der Waals surface area contributed by atoms with Crippen LogP contribution >= 0.6 is 11.6 Å². The topological polar surface area (TPSA) is 59.6 Å². The zero-order valence-electron chi connectivity index (χ0n) is 15.4. The van der Waals surface area contributed by atoms with E-state index in [1.807, 2.05) is 66.7 Å². The average Bonchev–Trinajstić information content (AvgIpc) is 2.72. The molecule has 3 rings (SSSR count). The summed E-state index contributed by atoms with van der Waals surface area (Å²) < 4.78 is 11.0. The first-order chi connectivity index (χ1) is 13.7. The van der Waals surface area contributed by atoms with Crippen molar-refractivity contribution in [3.8, 4) is 11.5 Å². The Bertz CT molecular complexity index is 932. The van der Waals surface area contributed by atoms with Crippen molar-refractivity contribution < 1.29 is 14.3 Å². The second kappa shape index (κ2) is 9.67. The summed E-state index contributed by atoms with van der Waals surface area (Å²) in [7, 11) is 1.57. The van der Waals surface area contributed by atoms with Gasteiger partial charge >= 0.3 is 0 Å². The Morgan fingerprint density at radius 1 is 0.964 bits per heavy atom. The first-order valence-electron chi connectivity index (χ1n) is 8.79. The molecular weight excluding hydrogens is 376 g/mol. The summed E-state index contributed by atoms with van der Waals surface area (Å²) in [6.07, 6.45) is 0. The van der Waals surface area contributed by atoms with Crippen molar-refractivity contribution >= 4 is 28.9 Å². The van der Waals surface area contributed by atoms with Crippen molar-refractivity contribution in [3.63, 3.8) is 0 Å². The maximum absolute atomic E-state index is 12.0. The number of amides is 1. The highest BCUT2D eigenvalue weighted by Crippen LogP contribution is 2.29. The number of rotatable bonds is 8. The quantitative estimate of drug-likeness (QED) is 0.563. The van der Waals surface area contributed by atoms with Crippen molar-refractivity contribution in [2.45, 2.75) is 6.54 Å². The normalized spacial score (nSPS) is 10.2. The molecular formula is C22H21ClN2O3. The van der Waals surface area contributed by atoms with E-state index in [0.717, 1.165) is 16.9 Å². The molecule has 2 N–H and O–H groups in total. The van der Waals surface area contributed by atoms with Gasteiger partial charge in [0.15, 0.2) is 18.1 Å². The van der Waals surface area contributed by atoms with Gasteiger partial charge in [0.1, 0.15) is 0 Å². The van der Waals surface area contributed by atoms with Crippen molar-refractivity contribution in [3.05, 3.63) is 83.4 Å². The maximum Gasteiger partial charge on any atom is 0.262 e. The molecule has 0 heterocycles. The van der Waals surface area contributed by atoms with E-state index in [9.17, 15) is 4.79 Å². The van der Waals surface area contributed by atoms with Gasteiger partial charge in [0.25, 0.3) is 5.91 Å². The highest BCUT2D eigenvalue weighted by atomic mass is 35.5. The molecule has 0 fully saturated rings. The lowest BCUT2D eigenvalue weighted by Crippen LogP contribution is -2.20. The number of nitrogens with one attached hydrogen (secondary N) is 2. The predicted molar refractivity (Wildman–Crippen MR) is 112 cm³/mol. The van der Waals surface area contributed by atoms with Crippen molar-refractivity contribution in [1.82, 2.24) is 0 Å². The van der Waals surface area contributed by atoms with Gasteiger partial charge in [0, 0.05) is 12.2 Å². The largest absolute Gasteiger partial charge is 0.493 e. The fraction of sp³-hybridized carbons (Fsp3) is 0.136. The van der Waals surface area contributed by atoms with E-state index in [1.165, 1.54) is 0 Å². The second-order valence-electron chi connectivity index (χ2n) is 6.02.